The first kappa shape index (κ1) is 14.8. The zero-order valence-corrected chi connectivity index (χ0v) is 12.9. The van der Waals surface area contributed by atoms with Crippen LogP contribution in [0.5, 0.6) is 0 Å². The minimum Gasteiger partial charge on any atom is -0.334 e. The van der Waals surface area contributed by atoms with Crippen molar-refractivity contribution in [1.82, 2.24) is 15.1 Å². The molecule has 22 heavy (non-hydrogen) atoms. The van der Waals surface area contributed by atoms with Crippen LogP contribution < -0.4 is 0 Å². The summed E-state index contributed by atoms with van der Waals surface area (Å²) in [7, 11) is 0. The molecule has 3 aromatic rings. The molecular weight excluding hydrogens is 312 g/mol. The lowest BCUT2D eigenvalue weighted by atomic mass is 10.0. The van der Waals surface area contributed by atoms with Crippen molar-refractivity contribution >= 4 is 22.5 Å². The maximum atomic E-state index is 14.2. The fourth-order valence-corrected chi connectivity index (χ4v) is 2.72. The van der Waals surface area contributed by atoms with Crippen LogP contribution in [-0.2, 0) is 6.42 Å². The standard InChI is InChI=1S/C15H12ClF2N3O/c1-4-8-5-9-6(2)10(15-19-7(3)21-22-15)14(16)20-13(9)12(18)11(8)17/h5H,4H2,1-3H3. The largest absolute Gasteiger partial charge is 0.334 e. The summed E-state index contributed by atoms with van der Waals surface area (Å²) in [6, 6.07) is 1.58. The van der Waals surface area contributed by atoms with Gasteiger partial charge in [-0.2, -0.15) is 4.98 Å². The maximum Gasteiger partial charge on any atom is 0.261 e. The van der Waals surface area contributed by atoms with E-state index in [9.17, 15) is 8.78 Å². The van der Waals surface area contributed by atoms with Gasteiger partial charge >= 0.3 is 0 Å². The Kier molecular flexibility index (Phi) is 3.56. The molecule has 3 rings (SSSR count). The van der Waals surface area contributed by atoms with Gasteiger partial charge < -0.3 is 4.52 Å². The fourth-order valence-electron chi connectivity index (χ4n) is 2.41. The van der Waals surface area contributed by atoms with Crippen molar-refractivity contribution in [3.05, 3.63) is 39.8 Å². The molecule has 0 saturated heterocycles. The van der Waals surface area contributed by atoms with E-state index in [4.69, 9.17) is 16.1 Å². The Morgan fingerprint density at radius 1 is 1.18 bits per heavy atom. The van der Waals surface area contributed by atoms with Crippen LogP contribution in [0.15, 0.2) is 10.6 Å². The number of benzene rings is 1. The lowest BCUT2D eigenvalue weighted by molar-refractivity contribution is 0.425. The molecule has 0 bridgehead atoms. The second kappa shape index (κ2) is 5.28. The van der Waals surface area contributed by atoms with E-state index >= 15 is 0 Å². The second-order valence-corrected chi connectivity index (χ2v) is 5.32. The van der Waals surface area contributed by atoms with Crippen molar-refractivity contribution in [3.63, 3.8) is 0 Å². The Labute approximate surface area is 130 Å². The first-order valence-corrected chi connectivity index (χ1v) is 7.09. The van der Waals surface area contributed by atoms with E-state index in [1.165, 1.54) is 0 Å². The number of rotatable bonds is 2. The van der Waals surface area contributed by atoms with Gasteiger partial charge in [-0.1, -0.05) is 23.7 Å². The highest BCUT2D eigenvalue weighted by molar-refractivity contribution is 6.32. The third-order valence-electron chi connectivity index (χ3n) is 3.57. The van der Waals surface area contributed by atoms with Crippen molar-refractivity contribution in [3.8, 4) is 11.5 Å². The van der Waals surface area contributed by atoms with Crippen LogP contribution in [0, 0.1) is 25.5 Å². The molecule has 0 saturated carbocycles. The number of halogens is 3. The number of aromatic nitrogens is 3. The normalized spacial score (nSPS) is 11.4. The van der Waals surface area contributed by atoms with Crippen LogP contribution in [0.4, 0.5) is 8.78 Å². The van der Waals surface area contributed by atoms with Crippen molar-refractivity contribution in [2.45, 2.75) is 27.2 Å². The fraction of sp³-hybridized carbons (Fsp3) is 0.267. The molecule has 0 fully saturated rings. The Morgan fingerprint density at radius 2 is 1.91 bits per heavy atom. The van der Waals surface area contributed by atoms with Gasteiger partial charge in [0, 0.05) is 5.39 Å². The zero-order valence-electron chi connectivity index (χ0n) is 12.2. The predicted molar refractivity (Wildman–Crippen MR) is 78.8 cm³/mol. The van der Waals surface area contributed by atoms with Crippen LogP contribution >= 0.6 is 11.6 Å². The average Bonchev–Trinajstić information content (AvgIpc) is 2.90. The number of pyridine rings is 1. The maximum absolute atomic E-state index is 14.2. The van der Waals surface area contributed by atoms with Crippen molar-refractivity contribution in [2.24, 2.45) is 0 Å². The Balaban J connectivity index is 2.40. The third kappa shape index (κ3) is 2.14. The molecule has 0 spiro atoms. The van der Waals surface area contributed by atoms with Gasteiger partial charge in [0.15, 0.2) is 17.5 Å². The molecule has 0 aliphatic carbocycles. The van der Waals surface area contributed by atoms with Crippen LogP contribution in [0.2, 0.25) is 5.15 Å². The van der Waals surface area contributed by atoms with Gasteiger partial charge in [-0.3, -0.25) is 0 Å². The van der Waals surface area contributed by atoms with E-state index < -0.39 is 11.6 Å². The lowest BCUT2D eigenvalue weighted by Crippen LogP contribution is -2.00. The number of hydrogen-bond donors (Lipinski definition) is 0. The number of aryl methyl sites for hydroxylation is 3. The average molecular weight is 324 g/mol. The lowest BCUT2D eigenvalue weighted by Gasteiger charge is -2.11. The molecule has 0 atom stereocenters. The summed E-state index contributed by atoms with van der Waals surface area (Å²) in [5.41, 5.74) is 1.23. The molecule has 4 nitrogen and oxygen atoms in total. The summed E-state index contributed by atoms with van der Waals surface area (Å²) in [6.45, 7) is 5.17. The van der Waals surface area contributed by atoms with Gasteiger partial charge in [0.25, 0.3) is 5.89 Å². The van der Waals surface area contributed by atoms with E-state index in [-0.39, 0.29) is 22.1 Å². The van der Waals surface area contributed by atoms with Crippen molar-refractivity contribution in [1.29, 1.82) is 0 Å². The smallest absolute Gasteiger partial charge is 0.261 e. The topological polar surface area (TPSA) is 51.8 Å². The van der Waals surface area contributed by atoms with E-state index in [2.05, 4.69) is 15.1 Å². The Morgan fingerprint density at radius 3 is 2.50 bits per heavy atom. The molecule has 0 radical (unpaired) electrons. The number of nitrogens with zero attached hydrogens (tertiary/aromatic N) is 3. The molecule has 114 valence electrons. The van der Waals surface area contributed by atoms with Gasteiger partial charge in [0.05, 0.1) is 5.56 Å². The summed E-state index contributed by atoms with van der Waals surface area (Å²) in [6.07, 6.45) is 0.371. The molecular formula is C15H12ClF2N3O. The van der Waals surface area contributed by atoms with Gasteiger partial charge in [-0.25, -0.2) is 13.8 Å². The Hall–Kier alpha value is -2.08. The van der Waals surface area contributed by atoms with Crippen molar-refractivity contribution < 1.29 is 13.3 Å². The summed E-state index contributed by atoms with van der Waals surface area (Å²) in [4.78, 5) is 8.10. The molecule has 0 N–H and O–H groups in total. The van der Waals surface area contributed by atoms with Gasteiger partial charge in [0.1, 0.15) is 10.7 Å². The monoisotopic (exact) mass is 323 g/mol. The van der Waals surface area contributed by atoms with Crippen LogP contribution in [-0.4, -0.2) is 15.1 Å². The minimum absolute atomic E-state index is 0.00352. The van der Waals surface area contributed by atoms with Gasteiger partial charge in [-0.15, -0.1) is 0 Å². The number of fused-ring (bicyclic) bond motifs is 1. The number of hydrogen-bond acceptors (Lipinski definition) is 4. The summed E-state index contributed by atoms with van der Waals surface area (Å²) < 4.78 is 33.2. The predicted octanol–water partition coefficient (Wildman–Crippen LogP) is 4.40. The molecule has 1 aromatic carbocycles. The highest BCUT2D eigenvalue weighted by Crippen LogP contribution is 2.35. The quantitative estimate of drug-likeness (QED) is 0.656. The van der Waals surface area contributed by atoms with E-state index in [0.29, 0.717) is 28.8 Å². The molecule has 0 unspecified atom stereocenters. The third-order valence-corrected chi connectivity index (χ3v) is 3.85. The molecule has 2 aromatic heterocycles. The highest BCUT2D eigenvalue weighted by Gasteiger charge is 2.22. The van der Waals surface area contributed by atoms with Crippen molar-refractivity contribution in [2.75, 3.05) is 0 Å². The summed E-state index contributed by atoms with van der Waals surface area (Å²) in [5, 5.41) is 4.19. The van der Waals surface area contributed by atoms with Gasteiger partial charge in [-0.05, 0) is 37.5 Å². The Bertz CT molecular complexity index is 892. The minimum atomic E-state index is -0.993. The first-order valence-electron chi connectivity index (χ1n) is 6.71. The first-order chi connectivity index (χ1) is 10.4. The molecule has 7 heteroatoms. The van der Waals surface area contributed by atoms with E-state index in [1.54, 1.807) is 26.8 Å². The van der Waals surface area contributed by atoms with Crippen LogP contribution in [0.3, 0.4) is 0 Å². The summed E-state index contributed by atoms with van der Waals surface area (Å²) in [5.74, 6) is -1.23. The summed E-state index contributed by atoms with van der Waals surface area (Å²) >= 11 is 6.12. The molecule has 0 amide bonds. The van der Waals surface area contributed by atoms with E-state index in [0.717, 1.165) is 0 Å². The SMILES string of the molecule is CCc1cc2c(C)c(-c3nc(C)no3)c(Cl)nc2c(F)c1F. The zero-order chi connectivity index (χ0) is 16.0. The molecule has 0 aliphatic rings. The van der Waals surface area contributed by atoms with E-state index in [1.807, 2.05) is 0 Å². The molecule has 2 heterocycles. The molecule has 0 aliphatic heterocycles. The van der Waals surface area contributed by atoms with Gasteiger partial charge in [0.2, 0.25) is 0 Å². The van der Waals surface area contributed by atoms with Crippen LogP contribution in [0.25, 0.3) is 22.4 Å². The highest BCUT2D eigenvalue weighted by atomic mass is 35.5. The van der Waals surface area contributed by atoms with Crippen LogP contribution in [0.1, 0.15) is 23.9 Å². The second-order valence-electron chi connectivity index (χ2n) is 4.96.